The maximum Gasteiger partial charge on any atom is 0.257 e. The quantitative estimate of drug-likeness (QED) is 0.910. The standard InChI is InChI=1S/C18H23N3O3/c1-13-17(14(2)24-20-13)18(22)19-16(15-6-4-3-5-7-15)12-21-8-10-23-11-9-21/h3-7,16H,8-12H2,1-2H3,(H,19,22)/t16-/m1/s1. The summed E-state index contributed by atoms with van der Waals surface area (Å²) < 4.78 is 10.5. The number of nitrogens with zero attached hydrogens (tertiary/aromatic N) is 2. The van der Waals surface area contributed by atoms with Crippen LogP contribution in [-0.2, 0) is 4.74 Å². The number of morpholine rings is 1. The van der Waals surface area contributed by atoms with Crippen molar-refractivity contribution in [3.63, 3.8) is 0 Å². The molecule has 24 heavy (non-hydrogen) atoms. The SMILES string of the molecule is Cc1noc(C)c1C(=O)N[C@H](CN1CCOCC1)c1ccccc1. The number of nitrogens with one attached hydrogen (secondary N) is 1. The lowest BCUT2D eigenvalue weighted by Gasteiger charge is -2.31. The second-order valence-corrected chi connectivity index (χ2v) is 6.05. The van der Waals surface area contributed by atoms with E-state index in [2.05, 4.69) is 15.4 Å². The summed E-state index contributed by atoms with van der Waals surface area (Å²) in [5.74, 6) is 0.400. The average Bonchev–Trinajstić information content (AvgIpc) is 2.94. The van der Waals surface area contributed by atoms with E-state index in [0.717, 1.165) is 38.4 Å². The fourth-order valence-electron chi connectivity index (χ4n) is 3.00. The van der Waals surface area contributed by atoms with Gasteiger partial charge in [0.1, 0.15) is 11.3 Å². The van der Waals surface area contributed by atoms with Crippen molar-refractivity contribution >= 4 is 5.91 Å². The van der Waals surface area contributed by atoms with E-state index in [4.69, 9.17) is 9.26 Å². The molecular weight excluding hydrogens is 306 g/mol. The van der Waals surface area contributed by atoms with E-state index in [0.29, 0.717) is 17.0 Å². The summed E-state index contributed by atoms with van der Waals surface area (Å²) in [6.07, 6.45) is 0. The Morgan fingerprint density at radius 2 is 1.96 bits per heavy atom. The molecule has 1 atom stereocenters. The van der Waals surface area contributed by atoms with E-state index in [9.17, 15) is 4.79 Å². The van der Waals surface area contributed by atoms with Crippen molar-refractivity contribution in [2.75, 3.05) is 32.8 Å². The minimum atomic E-state index is -0.145. The highest BCUT2D eigenvalue weighted by Crippen LogP contribution is 2.18. The van der Waals surface area contributed by atoms with Crippen LogP contribution in [0.15, 0.2) is 34.9 Å². The van der Waals surface area contributed by atoms with E-state index in [-0.39, 0.29) is 11.9 Å². The molecule has 6 heteroatoms. The molecule has 1 saturated heterocycles. The fourth-order valence-corrected chi connectivity index (χ4v) is 3.00. The number of carbonyl (C=O) groups excluding carboxylic acids is 1. The average molecular weight is 329 g/mol. The zero-order chi connectivity index (χ0) is 16.9. The van der Waals surface area contributed by atoms with Crippen molar-refractivity contribution in [2.24, 2.45) is 0 Å². The van der Waals surface area contributed by atoms with Gasteiger partial charge in [0, 0.05) is 19.6 Å². The summed E-state index contributed by atoms with van der Waals surface area (Å²) in [4.78, 5) is 15.0. The Hall–Kier alpha value is -2.18. The predicted molar refractivity (Wildman–Crippen MR) is 89.9 cm³/mol. The molecule has 0 unspecified atom stereocenters. The lowest BCUT2D eigenvalue weighted by molar-refractivity contribution is 0.0332. The van der Waals surface area contributed by atoms with Crippen LogP contribution in [0.3, 0.4) is 0 Å². The highest BCUT2D eigenvalue weighted by molar-refractivity contribution is 5.96. The Kier molecular flexibility index (Phi) is 5.27. The van der Waals surface area contributed by atoms with E-state index >= 15 is 0 Å². The Bertz CT molecular complexity index is 659. The molecule has 1 aliphatic rings. The van der Waals surface area contributed by atoms with Crippen molar-refractivity contribution in [1.29, 1.82) is 0 Å². The van der Waals surface area contributed by atoms with Gasteiger partial charge in [-0.15, -0.1) is 0 Å². The van der Waals surface area contributed by atoms with Crippen LogP contribution in [-0.4, -0.2) is 48.8 Å². The van der Waals surface area contributed by atoms with E-state index in [1.54, 1.807) is 13.8 Å². The van der Waals surface area contributed by atoms with Gasteiger partial charge in [0.15, 0.2) is 0 Å². The van der Waals surface area contributed by atoms with Crippen molar-refractivity contribution in [3.05, 3.63) is 52.9 Å². The lowest BCUT2D eigenvalue weighted by Crippen LogP contribution is -2.43. The maximum atomic E-state index is 12.7. The van der Waals surface area contributed by atoms with Gasteiger partial charge >= 0.3 is 0 Å². The van der Waals surface area contributed by atoms with Crippen LogP contribution in [0.25, 0.3) is 0 Å². The molecule has 2 heterocycles. The van der Waals surface area contributed by atoms with E-state index in [1.165, 1.54) is 0 Å². The Morgan fingerprint density at radius 1 is 1.25 bits per heavy atom. The van der Waals surface area contributed by atoms with Crippen LogP contribution in [0, 0.1) is 13.8 Å². The van der Waals surface area contributed by atoms with Gasteiger partial charge in [-0.2, -0.15) is 0 Å². The smallest absolute Gasteiger partial charge is 0.257 e. The summed E-state index contributed by atoms with van der Waals surface area (Å²) in [6, 6.07) is 9.95. The van der Waals surface area contributed by atoms with E-state index < -0.39 is 0 Å². The second kappa shape index (κ2) is 7.59. The van der Waals surface area contributed by atoms with Crippen LogP contribution >= 0.6 is 0 Å². The van der Waals surface area contributed by atoms with E-state index in [1.807, 2.05) is 30.3 Å². The minimum absolute atomic E-state index is 0.0921. The van der Waals surface area contributed by atoms with Crippen LogP contribution in [0.4, 0.5) is 0 Å². The molecule has 1 fully saturated rings. The molecule has 128 valence electrons. The third-order valence-corrected chi connectivity index (χ3v) is 4.31. The van der Waals surface area contributed by atoms with Crippen molar-refractivity contribution in [1.82, 2.24) is 15.4 Å². The van der Waals surface area contributed by atoms with Crippen LogP contribution < -0.4 is 5.32 Å². The summed E-state index contributed by atoms with van der Waals surface area (Å²) in [5, 5.41) is 7.01. The molecule has 3 rings (SSSR count). The first-order valence-corrected chi connectivity index (χ1v) is 8.24. The maximum absolute atomic E-state index is 12.7. The highest BCUT2D eigenvalue weighted by Gasteiger charge is 2.24. The summed E-state index contributed by atoms with van der Waals surface area (Å²) in [6.45, 7) is 7.52. The first-order chi connectivity index (χ1) is 11.6. The molecule has 0 aliphatic carbocycles. The molecule has 0 saturated carbocycles. The summed E-state index contributed by atoms with van der Waals surface area (Å²) in [5.41, 5.74) is 2.23. The van der Waals surface area contributed by atoms with Crippen LogP contribution in [0.1, 0.15) is 33.4 Å². The number of hydrogen-bond acceptors (Lipinski definition) is 5. The van der Waals surface area contributed by atoms with Gasteiger partial charge in [-0.05, 0) is 19.4 Å². The van der Waals surface area contributed by atoms with Crippen molar-refractivity contribution in [2.45, 2.75) is 19.9 Å². The van der Waals surface area contributed by atoms with Crippen LogP contribution in [0.5, 0.6) is 0 Å². The summed E-state index contributed by atoms with van der Waals surface area (Å²) >= 11 is 0. The number of benzene rings is 1. The Labute approximate surface area is 141 Å². The van der Waals surface area contributed by atoms with Gasteiger partial charge in [-0.1, -0.05) is 35.5 Å². The molecule has 0 bridgehead atoms. The zero-order valence-corrected chi connectivity index (χ0v) is 14.1. The number of aryl methyl sites for hydroxylation is 2. The molecule has 1 amide bonds. The normalized spacial score (nSPS) is 16.8. The Morgan fingerprint density at radius 3 is 2.58 bits per heavy atom. The number of aromatic nitrogens is 1. The topological polar surface area (TPSA) is 67.6 Å². The first kappa shape index (κ1) is 16.7. The first-order valence-electron chi connectivity index (χ1n) is 8.24. The third kappa shape index (κ3) is 3.83. The number of rotatable bonds is 5. The number of amides is 1. The molecule has 2 aromatic rings. The largest absolute Gasteiger partial charge is 0.379 e. The molecule has 1 aromatic heterocycles. The predicted octanol–water partition coefficient (Wildman–Crippen LogP) is 2.09. The monoisotopic (exact) mass is 329 g/mol. The van der Waals surface area contributed by atoms with Crippen molar-refractivity contribution in [3.8, 4) is 0 Å². The van der Waals surface area contributed by atoms with Crippen molar-refractivity contribution < 1.29 is 14.1 Å². The van der Waals surface area contributed by atoms with Crippen LogP contribution in [0.2, 0.25) is 0 Å². The van der Waals surface area contributed by atoms with Gasteiger partial charge in [-0.25, -0.2) is 0 Å². The minimum Gasteiger partial charge on any atom is -0.379 e. The molecule has 0 spiro atoms. The second-order valence-electron chi connectivity index (χ2n) is 6.05. The van der Waals surface area contributed by atoms with Gasteiger partial charge in [0.25, 0.3) is 5.91 Å². The molecule has 1 N–H and O–H groups in total. The molecular formula is C18H23N3O3. The van der Waals surface area contributed by atoms with Gasteiger partial charge in [0.2, 0.25) is 0 Å². The molecule has 1 aromatic carbocycles. The zero-order valence-electron chi connectivity index (χ0n) is 14.1. The van der Waals surface area contributed by atoms with Gasteiger partial charge in [-0.3, -0.25) is 9.69 Å². The number of hydrogen-bond donors (Lipinski definition) is 1. The highest BCUT2D eigenvalue weighted by atomic mass is 16.5. The number of ether oxygens (including phenoxy) is 1. The van der Waals surface area contributed by atoms with Gasteiger partial charge in [0.05, 0.1) is 24.9 Å². The number of carbonyl (C=O) groups is 1. The third-order valence-electron chi connectivity index (χ3n) is 4.31. The Balaban J connectivity index is 1.78. The molecule has 1 aliphatic heterocycles. The molecule has 0 radical (unpaired) electrons. The molecule has 6 nitrogen and oxygen atoms in total. The summed E-state index contributed by atoms with van der Waals surface area (Å²) in [7, 11) is 0. The lowest BCUT2D eigenvalue weighted by atomic mass is 10.0. The fraction of sp³-hybridized carbons (Fsp3) is 0.444. The van der Waals surface area contributed by atoms with Gasteiger partial charge < -0.3 is 14.6 Å².